The maximum absolute atomic E-state index is 13.2. The number of nitriles is 1. The second kappa shape index (κ2) is 6.71. The molecule has 6 nitrogen and oxygen atoms in total. The molecule has 0 saturated carbocycles. The van der Waals surface area contributed by atoms with Crippen molar-refractivity contribution in [2.24, 2.45) is 10.9 Å². The average Bonchev–Trinajstić information content (AvgIpc) is 3.04. The summed E-state index contributed by atoms with van der Waals surface area (Å²) in [5.74, 6) is 0.333. The largest absolute Gasteiger partial charge is 0.290 e. The second-order valence-corrected chi connectivity index (χ2v) is 9.68. The van der Waals surface area contributed by atoms with Crippen LogP contribution in [0.2, 0.25) is 5.02 Å². The van der Waals surface area contributed by atoms with E-state index < -0.39 is 10.0 Å². The van der Waals surface area contributed by atoms with Crippen molar-refractivity contribution in [3.63, 3.8) is 0 Å². The minimum atomic E-state index is -3.71. The summed E-state index contributed by atoms with van der Waals surface area (Å²) in [6.45, 7) is 7.37. The lowest BCUT2D eigenvalue weighted by atomic mass is 9.88. The Morgan fingerprint density at radius 1 is 1.33 bits per heavy atom. The highest BCUT2D eigenvalue weighted by Crippen LogP contribution is 2.37. The molecular formula is C19H21ClN4O2S. The van der Waals surface area contributed by atoms with Crippen LogP contribution in [0.3, 0.4) is 0 Å². The number of sulfonamides is 1. The SMILES string of the molecule is CC1=NCC(C)C2=C1CN1CCN(S(=O)(=O)c3ccc(C#N)cc3Cl)CC21. The molecule has 0 amide bonds. The lowest BCUT2D eigenvalue weighted by Crippen LogP contribution is -2.53. The van der Waals surface area contributed by atoms with E-state index in [4.69, 9.17) is 16.9 Å². The summed E-state index contributed by atoms with van der Waals surface area (Å²) in [6, 6.07) is 6.41. The molecule has 0 bridgehead atoms. The first-order chi connectivity index (χ1) is 12.8. The molecule has 1 aromatic carbocycles. The number of hydrogen-bond acceptors (Lipinski definition) is 5. The lowest BCUT2D eigenvalue weighted by Gasteiger charge is -2.39. The number of halogens is 1. The highest BCUT2D eigenvalue weighted by atomic mass is 35.5. The topological polar surface area (TPSA) is 76.8 Å². The van der Waals surface area contributed by atoms with Crippen molar-refractivity contribution in [3.8, 4) is 6.07 Å². The third-order valence-corrected chi connectivity index (χ3v) is 8.12. The van der Waals surface area contributed by atoms with E-state index in [1.807, 2.05) is 13.0 Å². The Balaban J connectivity index is 1.65. The molecule has 1 fully saturated rings. The van der Waals surface area contributed by atoms with Crippen molar-refractivity contribution < 1.29 is 8.42 Å². The van der Waals surface area contributed by atoms with E-state index in [-0.39, 0.29) is 16.0 Å². The summed E-state index contributed by atoms with van der Waals surface area (Å²) in [5, 5.41) is 9.07. The molecule has 142 valence electrons. The third-order valence-electron chi connectivity index (χ3n) is 5.77. The maximum atomic E-state index is 13.2. The molecule has 1 aromatic rings. The van der Waals surface area contributed by atoms with Crippen LogP contribution in [-0.4, -0.2) is 62.1 Å². The highest BCUT2D eigenvalue weighted by molar-refractivity contribution is 7.89. The summed E-state index contributed by atoms with van der Waals surface area (Å²) in [5.41, 5.74) is 4.06. The minimum absolute atomic E-state index is 0.0678. The van der Waals surface area contributed by atoms with E-state index >= 15 is 0 Å². The molecule has 3 heterocycles. The van der Waals surface area contributed by atoms with Gasteiger partial charge in [0.25, 0.3) is 0 Å². The van der Waals surface area contributed by atoms with E-state index in [0.717, 1.165) is 18.8 Å². The molecule has 0 spiro atoms. The van der Waals surface area contributed by atoms with Gasteiger partial charge in [0, 0.05) is 44.5 Å². The van der Waals surface area contributed by atoms with Gasteiger partial charge in [-0.3, -0.25) is 9.89 Å². The van der Waals surface area contributed by atoms with Gasteiger partial charge in [-0.25, -0.2) is 8.42 Å². The first-order valence-electron chi connectivity index (χ1n) is 9.01. The van der Waals surface area contributed by atoms with Gasteiger partial charge in [0.2, 0.25) is 10.0 Å². The van der Waals surface area contributed by atoms with Gasteiger partial charge in [-0.2, -0.15) is 9.57 Å². The third kappa shape index (κ3) is 3.01. The Labute approximate surface area is 164 Å². The van der Waals surface area contributed by atoms with Crippen molar-refractivity contribution in [3.05, 3.63) is 39.9 Å². The van der Waals surface area contributed by atoms with Gasteiger partial charge >= 0.3 is 0 Å². The monoisotopic (exact) mass is 404 g/mol. The van der Waals surface area contributed by atoms with Crippen LogP contribution in [0.15, 0.2) is 39.2 Å². The number of nitrogens with zero attached hydrogens (tertiary/aromatic N) is 4. The molecule has 2 unspecified atom stereocenters. The number of rotatable bonds is 2. The molecule has 3 aliphatic heterocycles. The van der Waals surface area contributed by atoms with E-state index in [1.165, 1.54) is 33.7 Å². The number of dihydropyridines is 1. The Kier molecular flexibility index (Phi) is 4.63. The Bertz CT molecular complexity index is 1010. The quantitative estimate of drug-likeness (QED) is 0.757. The average molecular weight is 405 g/mol. The smallest absolute Gasteiger partial charge is 0.244 e. The fourth-order valence-corrected chi connectivity index (χ4v) is 6.29. The molecular weight excluding hydrogens is 384 g/mol. The fourth-order valence-electron chi connectivity index (χ4n) is 4.33. The molecule has 2 atom stereocenters. The van der Waals surface area contributed by atoms with Crippen molar-refractivity contribution in [2.45, 2.75) is 24.8 Å². The van der Waals surface area contributed by atoms with Gasteiger partial charge in [0.15, 0.2) is 0 Å². The number of benzene rings is 1. The van der Waals surface area contributed by atoms with Gasteiger partial charge in [-0.1, -0.05) is 18.5 Å². The van der Waals surface area contributed by atoms with Crippen LogP contribution in [0, 0.1) is 17.2 Å². The Morgan fingerprint density at radius 3 is 2.81 bits per heavy atom. The van der Waals surface area contributed by atoms with Gasteiger partial charge in [-0.15, -0.1) is 0 Å². The van der Waals surface area contributed by atoms with Crippen LogP contribution in [0.1, 0.15) is 19.4 Å². The van der Waals surface area contributed by atoms with Gasteiger partial charge in [0.1, 0.15) is 4.90 Å². The van der Waals surface area contributed by atoms with Crippen LogP contribution in [0.25, 0.3) is 0 Å². The van der Waals surface area contributed by atoms with E-state index in [1.54, 1.807) is 0 Å². The number of fused-ring (bicyclic) bond motifs is 2. The molecule has 27 heavy (non-hydrogen) atoms. The number of piperazine rings is 1. The molecule has 0 aliphatic carbocycles. The van der Waals surface area contributed by atoms with Gasteiger partial charge in [-0.05, 0) is 42.2 Å². The first kappa shape index (κ1) is 18.6. The maximum Gasteiger partial charge on any atom is 0.244 e. The van der Waals surface area contributed by atoms with E-state index in [2.05, 4.69) is 16.8 Å². The van der Waals surface area contributed by atoms with Crippen LogP contribution in [0.4, 0.5) is 0 Å². The van der Waals surface area contributed by atoms with Gasteiger partial charge in [0.05, 0.1) is 16.7 Å². The minimum Gasteiger partial charge on any atom is -0.290 e. The molecule has 8 heteroatoms. The zero-order valence-corrected chi connectivity index (χ0v) is 16.9. The molecule has 4 rings (SSSR count). The predicted octanol–water partition coefficient (Wildman–Crippen LogP) is 2.31. The first-order valence-corrected chi connectivity index (χ1v) is 10.8. The second-order valence-electron chi connectivity index (χ2n) is 7.37. The number of hydrogen-bond donors (Lipinski definition) is 0. The lowest BCUT2D eigenvalue weighted by molar-refractivity contribution is 0.162. The van der Waals surface area contributed by atoms with Gasteiger partial charge < -0.3 is 0 Å². The highest BCUT2D eigenvalue weighted by Gasteiger charge is 2.43. The number of aliphatic imine (C=N–C) groups is 1. The fraction of sp³-hybridized carbons (Fsp3) is 0.474. The zero-order valence-electron chi connectivity index (χ0n) is 15.3. The van der Waals surface area contributed by atoms with E-state index in [0.29, 0.717) is 31.1 Å². The van der Waals surface area contributed by atoms with Crippen molar-refractivity contribution >= 4 is 27.3 Å². The standard InChI is InChI=1S/C19H21ClN4O2S/c1-12-9-22-13(2)15-10-23-5-6-24(11-17(23)19(12)15)27(25,26)18-4-3-14(8-21)7-16(18)20/h3-4,7,12,17H,5-6,9-11H2,1-2H3. The summed E-state index contributed by atoms with van der Waals surface area (Å²) >= 11 is 6.18. The van der Waals surface area contributed by atoms with Crippen LogP contribution < -0.4 is 0 Å². The summed E-state index contributed by atoms with van der Waals surface area (Å²) < 4.78 is 27.9. The Morgan fingerprint density at radius 2 is 2.11 bits per heavy atom. The van der Waals surface area contributed by atoms with Crippen molar-refractivity contribution in [2.75, 3.05) is 32.7 Å². The summed E-state index contributed by atoms with van der Waals surface area (Å²) in [7, 11) is -3.71. The Hall–Kier alpha value is -1.72. The predicted molar refractivity (Wildman–Crippen MR) is 104 cm³/mol. The summed E-state index contributed by atoms with van der Waals surface area (Å²) in [6.07, 6.45) is 0. The molecule has 0 aromatic heterocycles. The van der Waals surface area contributed by atoms with Crippen molar-refractivity contribution in [1.82, 2.24) is 9.21 Å². The van der Waals surface area contributed by atoms with Crippen molar-refractivity contribution in [1.29, 1.82) is 5.26 Å². The van der Waals surface area contributed by atoms with Crippen LogP contribution in [0.5, 0.6) is 0 Å². The van der Waals surface area contributed by atoms with Crippen LogP contribution in [-0.2, 0) is 10.0 Å². The normalized spacial score (nSPS) is 26.4. The zero-order chi connectivity index (χ0) is 19.3. The molecule has 3 aliphatic rings. The molecule has 0 radical (unpaired) electrons. The summed E-state index contributed by atoms with van der Waals surface area (Å²) in [4.78, 5) is 7.04. The molecule has 1 saturated heterocycles. The molecule has 0 N–H and O–H groups in total. The van der Waals surface area contributed by atoms with E-state index in [9.17, 15) is 8.42 Å². The van der Waals surface area contributed by atoms with Crippen LogP contribution >= 0.6 is 11.6 Å².